The van der Waals surface area contributed by atoms with Crippen molar-refractivity contribution in [2.45, 2.75) is 45.4 Å². The highest BCUT2D eigenvalue weighted by Gasteiger charge is 2.28. The maximum Gasteiger partial charge on any atom is 0.329 e. The summed E-state index contributed by atoms with van der Waals surface area (Å²) in [6.07, 6.45) is 3.48. The number of imidazole rings is 1. The maximum absolute atomic E-state index is 13.4. The molecule has 154 valence electrons. The Morgan fingerprint density at radius 3 is 2.41 bits per heavy atom. The van der Waals surface area contributed by atoms with Crippen LogP contribution in [-0.4, -0.2) is 51.0 Å². The third-order valence-corrected chi connectivity index (χ3v) is 5.89. The van der Waals surface area contributed by atoms with Gasteiger partial charge in [-0.3, -0.25) is 13.9 Å². The Morgan fingerprint density at radius 1 is 1.10 bits per heavy atom. The van der Waals surface area contributed by atoms with E-state index in [0.717, 1.165) is 42.7 Å². The molecule has 2 aromatic heterocycles. The van der Waals surface area contributed by atoms with Gasteiger partial charge in [-0.05, 0) is 64.2 Å². The summed E-state index contributed by atoms with van der Waals surface area (Å²) in [7, 11) is 2.11. The molecular weight excluding hydrogens is 368 g/mol. The van der Waals surface area contributed by atoms with E-state index in [1.807, 2.05) is 48.2 Å². The summed E-state index contributed by atoms with van der Waals surface area (Å²) in [5, 5.41) is 0. The summed E-state index contributed by atoms with van der Waals surface area (Å²) in [4.78, 5) is 30.5. The van der Waals surface area contributed by atoms with E-state index in [1.54, 1.807) is 15.4 Å². The number of rotatable bonds is 6. The van der Waals surface area contributed by atoms with Gasteiger partial charge in [0.05, 0.1) is 23.8 Å². The number of para-hydroxylation sites is 2. The van der Waals surface area contributed by atoms with Crippen molar-refractivity contribution in [2.24, 2.45) is 0 Å². The standard InChI is InChI=1S/C22H28N4O3/c1-3-24-19-8-4-5-9-20(19)26(22(24)28)16-21(27)25(15-18-7-6-14-29-18)17-10-12-23(2)13-11-17/h4-9,14,17H,3,10-13,15-16H2,1-2H3. The second kappa shape index (κ2) is 8.29. The summed E-state index contributed by atoms with van der Waals surface area (Å²) in [6.45, 7) is 4.91. The minimum absolute atomic E-state index is 0.0411. The van der Waals surface area contributed by atoms with Crippen LogP contribution in [0.3, 0.4) is 0 Å². The number of carbonyl (C=O) groups excluding carboxylic acids is 1. The molecule has 0 saturated carbocycles. The molecule has 1 fully saturated rings. The van der Waals surface area contributed by atoms with Crippen molar-refractivity contribution in [3.63, 3.8) is 0 Å². The molecule has 7 heteroatoms. The molecule has 4 rings (SSSR count). The molecule has 0 atom stereocenters. The highest BCUT2D eigenvalue weighted by Crippen LogP contribution is 2.20. The molecule has 1 aromatic carbocycles. The topological polar surface area (TPSA) is 63.6 Å². The lowest BCUT2D eigenvalue weighted by Gasteiger charge is -2.37. The number of nitrogens with zero attached hydrogens (tertiary/aromatic N) is 4. The van der Waals surface area contributed by atoms with Crippen molar-refractivity contribution < 1.29 is 9.21 Å². The van der Waals surface area contributed by atoms with Gasteiger partial charge in [-0.2, -0.15) is 0 Å². The van der Waals surface area contributed by atoms with Crippen LogP contribution in [0.5, 0.6) is 0 Å². The SMILES string of the molecule is CCn1c(=O)n(CC(=O)N(Cc2ccco2)C2CCN(C)CC2)c2ccccc21. The molecule has 0 unspecified atom stereocenters. The molecule has 3 heterocycles. The summed E-state index contributed by atoms with van der Waals surface area (Å²) < 4.78 is 8.83. The number of hydrogen-bond acceptors (Lipinski definition) is 4. The number of amides is 1. The number of aromatic nitrogens is 2. The van der Waals surface area contributed by atoms with Gasteiger partial charge < -0.3 is 14.2 Å². The van der Waals surface area contributed by atoms with E-state index < -0.39 is 0 Å². The van der Waals surface area contributed by atoms with Gasteiger partial charge in [-0.1, -0.05) is 12.1 Å². The predicted octanol–water partition coefficient (Wildman–Crippen LogP) is 2.54. The van der Waals surface area contributed by atoms with Crippen LogP contribution >= 0.6 is 0 Å². The van der Waals surface area contributed by atoms with E-state index in [9.17, 15) is 9.59 Å². The zero-order valence-electron chi connectivity index (χ0n) is 17.1. The van der Waals surface area contributed by atoms with Crippen molar-refractivity contribution in [3.8, 4) is 0 Å². The molecular formula is C22H28N4O3. The molecule has 1 saturated heterocycles. The maximum atomic E-state index is 13.4. The molecule has 1 aliphatic rings. The Labute approximate surface area is 170 Å². The first-order valence-electron chi connectivity index (χ1n) is 10.3. The largest absolute Gasteiger partial charge is 0.467 e. The first kappa shape index (κ1) is 19.5. The number of fused-ring (bicyclic) bond motifs is 1. The van der Waals surface area contributed by atoms with Gasteiger partial charge in [0.1, 0.15) is 12.3 Å². The van der Waals surface area contributed by atoms with Crippen LogP contribution in [0, 0.1) is 0 Å². The average Bonchev–Trinajstić information content (AvgIpc) is 3.33. The number of furan rings is 1. The zero-order valence-corrected chi connectivity index (χ0v) is 17.1. The monoisotopic (exact) mass is 396 g/mol. The first-order valence-corrected chi connectivity index (χ1v) is 10.3. The van der Waals surface area contributed by atoms with Crippen molar-refractivity contribution in [3.05, 3.63) is 58.9 Å². The average molecular weight is 396 g/mol. The van der Waals surface area contributed by atoms with Crippen molar-refractivity contribution in [1.82, 2.24) is 18.9 Å². The molecule has 0 bridgehead atoms. The lowest BCUT2D eigenvalue weighted by Crippen LogP contribution is -2.47. The summed E-state index contributed by atoms with van der Waals surface area (Å²) in [5.41, 5.74) is 1.53. The molecule has 1 amide bonds. The third kappa shape index (κ3) is 3.87. The quantitative estimate of drug-likeness (QED) is 0.642. The van der Waals surface area contributed by atoms with Crippen molar-refractivity contribution >= 4 is 16.9 Å². The second-order valence-electron chi connectivity index (χ2n) is 7.74. The van der Waals surface area contributed by atoms with Gasteiger partial charge in [0.2, 0.25) is 5.91 Å². The van der Waals surface area contributed by atoms with Crippen molar-refractivity contribution in [1.29, 1.82) is 0 Å². The summed E-state index contributed by atoms with van der Waals surface area (Å²) in [5.74, 6) is 0.720. The smallest absolute Gasteiger partial charge is 0.329 e. The fraction of sp³-hybridized carbons (Fsp3) is 0.455. The molecule has 7 nitrogen and oxygen atoms in total. The minimum atomic E-state index is -0.136. The Hall–Kier alpha value is -2.80. The van der Waals surface area contributed by atoms with Gasteiger partial charge in [-0.25, -0.2) is 4.79 Å². The van der Waals surface area contributed by atoms with Crippen LogP contribution in [0.25, 0.3) is 11.0 Å². The Bertz CT molecular complexity index is 1030. The van der Waals surface area contributed by atoms with E-state index in [0.29, 0.717) is 13.1 Å². The number of aryl methyl sites for hydroxylation is 1. The highest BCUT2D eigenvalue weighted by atomic mass is 16.3. The number of carbonyl (C=O) groups is 1. The van der Waals surface area contributed by atoms with Crippen LogP contribution in [0.15, 0.2) is 51.9 Å². The van der Waals surface area contributed by atoms with Gasteiger partial charge in [0.15, 0.2) is 0 Å². The number of likely N-dealkylation sites (tertiary alicyclic amines) is 1. The first-order chi connectivity index (χ1) is 14.1. The Kier molecular flexibility index (Phi) is 5.58. The summed E-state index contributed by atoms with van der Waals surface area (Å²) >= 11 is 0. The fourth-order valence-corrected chi connectivity index (χ4v) is 4.25. The van der Waals surface area contributed by atoms with Gasteiger partial charge >= 0.3 is 5.69 Å². The van der Waals surface area contributed by atoms with Crippen LogP contribution in [0.2, 0.25) is 0 Å². The number of hydrogen-bond donors (Lipinski definition) is 0. The number of piperidine rings is 1. The minimum Gasteiger partial charge on any atom is -0.467 e. The van der Waals surface area contributed by atoms with E-state index in [-0.39, 0.29) is 24.2 Å². The molecule has 29 heavy (non-hydrogen) atoms. The van der Waals surface area contributed by atoms with Crippen molar-refractivity contribution in [2.75, 3.05) is 20.1 Å². The van der Waals surface area contributed by atoms with E-state index in [4.69, 9.17) is 4.42 Å². The second-order valence-corrected chi connectivity index (χ2v) is 7.74. The van der Waals surface area contributed by atoms with E-state index in [2.05, 4.69) is 11.9 Å². The van der Waals surface area contributed by atoms with Crippen LogP contribution < -0.4 is 5.69 Å². The molecule has 0 aliphatic carbocycles. The van der Waals surface area contributed by atoms with E-state index in [1.165, 1.54) is 0 Å². The normalized spacial score (nSPS) is 15.8. The fourth-order valence-electron chi connectivity index (χ4n) is 4.25. The summed E-state index contributed by atoms with van der Waals surface area (Å²) in [6, 6.07) is 11.5. The lowest BCUT2D eigenvalue weighted by atomic mass is 10.0. The van der Waals surface area contributed by atoms with Crippen LogP contribution in [0.1, 0.15) is 25.5 Å². The molecule has 1 aliphatic heterocycles. The molecule has 0 N–H and O–H groups in total. The Morgan fingerprint density at radius 2 is 1.79 bits per heavy atom. The molecule has 3 aromatic rings. The zero-order chi connectivity index (χ0) is 20.4. The van der Waals surface area contributed by atoms with Gasteiger partial charge in [-0.15, -0.1) is 0 Å². The molecule has 0 radical (unpaired) electrons. The van der Waals surface area contributed by atoms with E-state index >= 15 is 0 Å². The van der Waals surface area contributed by atoms with Crippen LogP contribution in [0.4, 0.5) is 0 Å². The third-order valence-electron chi connectivity index (χ3n) is 5.89. The highest BCUT2D eigenvalue weighted by molar-refractivity contribution is 5.81. The Balaban J connectivity index is 1.64. The number of benzene rings is 1. The van der Waals surface area contributed by atoms with Gasteiger partial charge in [0.25, 0.3) is 0 Å². The van der Waals surface area contributed by atoms with Crippen LogP contribution in [-0.2, 0) is 24.4 Å². The molecule has 0 spiro atoms. The lowest BCUT2D eigenvalue weighted by molar-refractivity contribution is -0.136. The predicted molar refractivity (Wildman–Crippen MR) is 112 cm³/mol. The van der Waals surface area contributed by atoms with Gasteiger partial charge in [0, 0.05) is 12.6 Å².